The Morgan fingerprint density at radius 3 is 2.55 bits per heavy atom. The first kappa shape index (κ1) is 24.6. The summed E-state index contributed by atoms with van der Waals surface area (Å²) in [5, 5.41) is 14.7. The highest BCUT2D eigenvalue weighted by Crippen LogP contribution is 2.28. The largest absolute Gasteiger partial charge is 0.489 e. The number of allylic oxidation sites excluding steroid dienone is 1. The van der Waals surface area contributed by atoms with E-state index in [-0.39, 0.29) is 17.5 Å². The van der Waals surface area contributed by atoms with Gasteiger partial charge in [0.05, 0.1) is 10.2 Å². The number of ether oxygens (including phenoxy) is 1. The molecule has 1 aromatic carbocycles. The molecule has 1 heterocycles. The minimum Gasteiger partial charge on any atom is -0.489 e. The lowest BCUT2D eigenvalue weighted by atomic mass is 10.3. The van der Waals surface area contributed by atoms with Crippen molar-refractivity contribution in [3.05, 3.63) is 42.1 Å². The van der Waals surface area contributed by atoms with Crippen molar-refractivity contribution >= 4 is 37.5 Å². The van der Waals surface area contributed by atoms with Crippen LogP contribution in [0.3, 0.4) is 0 Å². The zero-order chi connectivity index (χ0) is 22.2. The number of hydrazine groups is 1. The predicted octanol–water partition coefficient (Wildman–Crippen LogP) is 2.46. The van der Waals surface area contributed by atoms with E-state index in [0.29, 0.717) is 21.5 Å². The van der Waals surface area contributed by atoms with Crippen LogP contribution in [0.1, 0.15) is 27.2 Å². The normalized spacial score (nSPS) is 11.6. The molecule has 0 saturated heterocycles. The number of primary sulfonamides is 1. The summed E-state index contributed by atoms with van der Waals surface area (Å²) < 4.78 is 28.7. The Bertz CT molecular complexity index is 999. The number of hydrogen-bond acceptors (Lipinski definition) is 8. The van der Waals surface area contributed by atoms with Gasteiger partial charge in [-0.25, -0.2) is 24.4 Å². The molecule has 160 valence electrons. The van der Waals surface area contributed by atoms with Gasteiger partial charge in [-0.1, -0.05) is 12.5 Å². The third-order valence-corrected chi connectivity index (χ3v) is 5.70. The molecular weight excluding hydrogens is 416 g/mol. The van der Waals surface area contributed by atoms with E-state index in [9.17, 15) is 13.2 Å². The van der Waals surface area contributed by atoms with Crippen LogP contribution in [-0.2, 0) is 14.8 Å². The first-order valence-corrected chi connectivity index (χ1v) is 10.9. The number of aliphatic carboxylic acids is 1. The van der Waals surface area contributed by atoms with Crippen LogP contribution >= 0.6 is 11.3 Å². The van der Waals surface area contributed by atoms with E-state index in [2.05, 4.69) is 18.5 Å². The fourth-order valence-corrected chi connectivity index (χ4v) is 3.50. The summed E-state index contributed by atoms with van der Waals surface area (Å²) in [7, 11) is -3.84. The van der Waals surface area contributed by atoms with Crippen molar-refractivity contribution < 1.29 is 23.1 Å². The number of carboxylic acids is 1. The topological polar surface area (TPSA) is 149 Å². The van der Waals surface area contributed by atoms with Gasteiger partial charge >= 0.3 is 5.97 Å². The standard InChI is InChI=1S/C13H16N4O5S2.C5H10/c1-8(5-17(14)6-12(18)19)7-22-9-2-3-10-11(4-9)23-13(16-10)24(15,20)21;1-4-5(2)3/h2-5H,6-7,14H2,1H3,(H,18,19)(H2,15,20,21);2,4H2,1,3H3/b8-5+;. The van der Waals surface area contributed by atoms with Gasteiger partial charge in [0.1, 0.15) is 18.9 Å². The Hall–Kier alpha value is -2.47. The molecule has 2 rings (SSSR count). The summed E-state index contributed by atoms with van der Waals surface area (Å²) in [6.45, 7) is 9.42. The Morgan fingerprint density at radius 2 is 2.03 bits per heavy atom. The van der Waals surface area contributed by atoms with Crippen molar-refractivity contribution in [3.63, 3.8) is 0 Å². The molecule has 0 unspecified atom stereocenters. The minimum atomic E-state index is -3.84. The number of aromatic nitrogens is 1. The van der Waals surface area contributed by atoms with Crippen molar-refractivity contribution in [3.8, 4) is 5.75 Å². The van der Waals surface area contributed by atoms with Gasteiger partial charge in [-0.05, 0) is 44.0 Å². The van der Waals surface area contributed by atoms with Gasteiger partial charge < -0.3 is 14.9 Å². The second-order valence-electron chi connectivity index (χ2n) is 6.30. The number of carboxylic acid groups (broad SMARTS) is 1. The highest BCUT2D eigenvalue weighted by molar-refractivity contribution is 7.91. The SMILES string of the molecule is C/C(=C\N(N)CC(=O)O)COc1ccc2nc(S(N)(=O)=O)sc2c1.C=C(C)CC. The molecule has 0 aliphatic rings. The summed E-state index contributed by atoms with van der Waals surface area (Å²) >= 11 is 0.958. The molecule has 0 spiro atoms. The number of thiazole rings is 1. The number of rotatable bonds is 8. The molecular formula is C18H26N4O5S2. The Balaban J connectivity index is 0.000000749. The summed E-state index contributed by atoms with van der Waals surface area (Å²) in [6.07, 6.45) is 2.58. The maximum Gasteiger partial charge on any atom is 0.324 e. The van der Waals surface area contributed by atoms with Crippen molar-refractivity contribution in [1.29, 1.82) is 0 Å². The third-order valence-electron chi connectivity index (χ3n) is 3.36. The zero-order valence-corrected chi connectivity index (χ0v) is 18.2. The average molecular weight is 443 g/mol. The summed E-state index contributed by atoms with van der Waals surface area (Å²) in [6, 6.07) is 4.95. The number of carbonyl (C=O) groups is 1. The molecule has 29 heavy (non-hydrogen) atoms. The Labute approximate surface area is 174 Å². The lowest BCUT2D eigenvalue weighted by molar-refractivity contribution is -0.137. The maximum absolute atomic E-state index is 11.3. The Morgan fingerprint density at radius 1 is 1.41 bits per heavy atom. The minimum absolute atomic E-state index is 0.154. The van der Waals surface area contributed by atoms with E-state index >= 15 is 0 Å². The monoisotopic (exact) mass is 442 g/mol. The van der Waals surface area contributed by atoms with Crippen LogP contribution in [0, 0.1) is 0 Å². The van der Waals surface area contributed by atoms with Gasteiger partial charge in [-0.3, -0.25) is 4.79 Å². The van der Waals surface area contributed by atoms with Crippen LogP contribution in [-0.4, -0.2) is 42.6 Å². The molecule has 0 amide bonds. The summed E-state index contributed by atoms with van der Waals surface area (Å²) in [5.41, 5.74) is 2.48. The molecule has 0 saturated carbocycles. The molecule has 9 nitrogen and oxygen atoms in total. The molecule has 0 radical (unpaired) electrons. The molecule has 0 fully saturated rings. The van der Waals surface area contributed by atoms with Crippen LogP contribution in [0.4, 0.5) is 0 Å². The molecule has 0 aliphatic carbocycles. The first-order chi connectivity index (χ1) is 13.4. The predicted molar refractivity (Wildman–Crippen MR) is 114 cm³/mol. The van der Waals surface area contributed by atoms with E-state index in [4.69, 9.17) is 20.8 Å². The molecule has 0 atom stereocenters. The molecule has 1 aromatic heterocycles. The van der Waals surface area contributed by atoms with E-state index in [1.54, 1.807) is 25.1 Å². The maximum atomic E-state index is 11.3. The summed E-state index contributed by atoms with van der Waals surface area (Å²) in [5.74, 6) is 4.98. The molecule has 5 N–H and O–H groups in total. The number of nitrogens with two attached hydrogens (primary N) is 2. The van der Waals surface area contributed by atoms with Crippen LogP contribution < -0.4 is 15.7 Å². The van der Waals surface area contributed by atoms with Gasteiger partial charge in [0.25, 0.3) is 10.0 Å². The molecule has 0 aliphatic heterocycles. The van der Waals surface area contributed by atoms with Gasteiger partial charge in [0.2, 0.25) is 4.34 Å². The highest BCUT2D eigenvalue weighted by Gasteiger charge is 2.14. The second kappa shape index (κ2) is 10.9. The van der Waals surface area contributed by atoms with Crippen molar-refractivity contribution in [2.75, 3.05) is 13.2 Å². The van der Waals surface area contributed by atoms with Crippen molar-refractivity contribution in [2.45, 2.75) is 31.5 Å². The molecule has 0 bridgehead atoms. The first-order valence-electron chi connectivity index (χ1n) is 8.53. The summed E-state index contributed by atoms with van der Waals surface area (Å²) in [4.78, 5) is 14.5. The van der Waals surface area contributed by atoms with Gasteiger partial charge in [-0.2, -0.15) is 0 Å². The lowest BCUT2D eigenvalue weighted by Crippen LogP contribution is -2.31. The fourth-order valence-electron chi connectivity index (χ4n) is 1.81. The molecule has 11 heteroatoms. The van der Waals surface area contributed by atoms with Gasteiger partial charge in [-0.15, -0.1) is 17.9 Å². The van der Waals surface area contributed by atoms with Crippen LogP contribution in [0.2, 0.25) is 0 Å². The number of sulfonamides is 1. The number of fused-ring (bicyclic) bond motifs is 1. The number of hydrogen-bond donors (Lipinski definition) is 3. The third kappa shape index (κ3) is 9.05. The van der Waals surface area contributed by atoms with Crippen molar-refractivity contribution in [1.82, 2.24) is 9.99 Å². The Kier molecular flexibility index (Phi) is 9.24. The fraction of sp³-hybridized carbons (Fsp3) is 0.333. The van der Waals surface area contributed by atoms with Crippen LogP contribution in [0.15, 0.2) is 46.5 Å². The number of nitrogens with zero attached hydrogens (tertiary/aromatic N) is 2. The average Bonchev–Trinajstić information content (AvgIpc) is 3.03. The van der Waals surface area contributed by atoms with E-state index < -0.39 is 16.0 Å². The highest BCUT2D eigenvalue weighted by atomic mass is 32.2. The lowest BCUT2D eigenvalue weighted by Gasteiger charge is -2.13. The quantitative estimate of drug-likeness (QED) is 0.321. The second-order valence-corrected chi connectivity index (χ2v) is 9.06. The van der Waals surface area contributed by atoms with E-state index in [0.717, 1.165) is 22.8 Å². The van der Waals surface area contributed by atoms with E-state index in [1.807, 2.05) is 6.92 Å². The van der Waals surface area contributed by atoms with Crippen LogP contribution in [0.5, 0.6) is 5.75 Å². The van der Waals surface area contributed by atoms with Crippen LogP contribution in [0.25, 0.3) is 10.2 Å². The van der Waals surface area contributed by atoms with E-state index in [1.165, 1.54) is 11.8 Å². The zero-order valence-electron chi connectivity index (χ0n) is 16.6. The van der Waals surface area contributed by atoms with Crippen molar-refractivity contribution in [2.24, 2.45) is 11.0 Å². The molecule has 2 aromatic rings. The van der Waals surface area contributed by atoms with Gasteiger partial charge in [0, 0.05) is 6.20 Å². The smallest absolute Gasteiger partial charge is 0.324 e. The van der Waals surface area contributed by atoms with Gasteiger partial charge in [0.15, 0.2) is 0 Å². The number of benzene rings is 1.